The van der Waals surface area contributed by atoms with E-state index >= 15 is 4.39 Å². The summed E-state index contributed by atoms with van der Waals surface area (Å²) in [7, 11) is 2.79. The van der Waals surface area contributed by atoms with Gasteiger partial charge in [0.1, 0.15) is 22.3 Å². The average molecular weight is 519 g/mol. The van der Waals surface area contributed by atoms with Crippen molar-refractivity contribution in [2.45, 2.75) is 76.0 Å². The van der Waals surface area contributed by atoms with Crippen molar-refractivity contribution >= 4 is 35.1 Å². The molecule has 1 aromatic heterocycles. The minimum atomic E-state index is -0.721. The highest BCUT2D eigenvalue weighted by molar-refractivity contribution is 6.35. The van der Waals surface area contributed by atoms with Gasteiger partial charge in [0.2, 0.25) is 5.95 Å². The number of nitrogens with zero attached hydrogens (tertiary/aromatic N) is 4. The Bertz CT molecular complexity index is 1110. The number of aromatic nitrogens is 2. The molecule has 36 heavy (non-hydrogen) atoms. The molecular weight excluding hydrogens is 487 g/mol. The van der Waals surface area contributed by atoms with Crippen molar-refractivity contribution in [3.05, 3.63) is 28.7 Å². The van der Waals surface area contributed by atoms with Gasteiger partial charge in [-0.3, -0.25) is 9.80 Å². The second kappa shape index (κ2) is 10.3. The second-order valence-electron chi connectivity index (χ2n) is 9.73. The van der Waals surface area contributed by atoms with Gasteiger partial charge in [0.05, 0.1) is 20.8 Å². The lowest BCUT2D eigenvalue weighted by atomic mass is 9.92. The van der Waals surface area contributed by atoms with Crippen LogP contribution in [-0.2, 0) is 6.54 Å². The first-order valence-corrected chi connectivity index (χ1v) is 12.9. The predicted molar refractivity (Wildman–Crippen MR) is 137 cm³/mol. The molecule has 194 valence electrons. The molecule has 0 radical (unpaired) electrons. The first-order valence-electron chi connectivity index (χ1n) is 12.5. The molecule has 0 spiro atoms. The number of amides is 2. The molecule has 2 heterocycles. The monoisotopic (exact) mass is 518 g/mol. The quantitative estimate of drug-likeness (QED) is 0.562. The highest BCUT2D eigenvalue weighted by atomic mass is 35.5. The summed E-state index contributed by atoms with van der Waals surface area (Å²) < 4.78 is 26.0. The summed E-state index contributed by atoms with van der Waals surface area (Å²) in [5, 5.41) is 3.43. The Labute approximate surface area is 215 Å². The lowest BCUT2D eigenvalue weighted by Crippen LogP contribution is -2.52. The van der Waals surface area contributed by atoms with Gasteiger partial charge in [0.15, 0.2) is 11.6 Å². The van der Waals surface area contributed by atoms with E-state index in [0.29, 0.717) is 11.8 Å². The highest BCUT2D eigenvalue weighted by Crippen LogP contribution is 2.45. The van der Waals surface area contributed by atoms with E-state index in [2.05, 4.69) is 10.3 Å². The number of fused-ring (bicyclic) bond motifs is 1. The molecule has 2 aliphatic carbocycles. The number of methoxy groups -OCH3 is 2. The van der Waals surface area contributed by atoms with E-state index in [1.54, 1.807) is 11.1 Å². The number of nitrogens with two attached hydrogens (primary N) is 1. The molecule has 2 aromatic rings. The molecule has 11 heteroatoms. The van der Waals surface area contributed by atoms with E-state index < -0.39 is 5.82 Å². The van der Waals surface area contributed by atoms with Crippen molar-refractivity contribution in [3.8, 4) is 11.5 Å². The van der Waals surface area contributed by atoms with Gasteiger partial charge in [0.25, 0.3) is 0 Å². The number of carbonyl (C=O) groups is 1. The fourth-order valence-electron chi connectivity index (χ4n) is 5.47. The largest absolute Gasteiger partial charge is 0.495 e. The SMILES string of the molecule is COc1cc(OC)c(Cl)c(N2Cc3cnc(NC4CCC(N)CC4)nc3N(C3CCCC3)C2=O)c1F. The van der Waals surface area contributed by atoms with Gasteiger partial charge in [0, 0.05) is 36.0 Å². The summed E-state index contributed by atoms with van der Waals surface area (Å²) in [6.07, 6.45) is 9.28. The lowest BCUT2D eigenvalue weighted by molar-refractivity contribution is 0.247. The van der Waals surface area contributed by atoms with Crippen LogP contribution in [0.15, 0.2) is 12.3 Å². The maximum Gasteiger partial charge on any atom is 0.330 e. The molecule has 9 nitrogen and oxygen atoms in total. The maximum absolute atomic E-state index is 15.5. The first-order chi connectivity index (χ1) is 17.4. The molecule has 5 rings (SSSR count). The molecule has 0 bridgehead atoms. The molecule has 3 aliphatic rings. The van der Waals surface area contributed by atoms with Crippen LogP contribution in [0.2, 0.25) is 5.02 Å². The molecule has 0 unspecified atom stereocenters. The van der Waals surface area contributed by atoms with E-state index in [9.17, 15) is 4.79 Å². The summed E-state index contributed by atoms with van der Waals surface area (Å²) in [4.78, 5) is 26.3. The van der Waals surface area contributed by atoms with Gasteiger partial charge in [-0.25, -0.2) is 14.2 Å². The number of carbonyl (C=O) groups excluding carboxylic acids is 1. The van der Waals surface area contributed by atoms with Crippen LogP contribution in [0.1, 0.15) is 56.9 Å². The third-order valence-corrected chi connectivity index (χ3v) is 7.82. The zero-order valence-electron chi connectivity index (χ0n) is 20.6. The van der Waals surface area contributed by atoms with E-state index in [1.807, 2.05) is 0 Å². The number of halogens is 2. The van der Waals surface area contributed by atoms with Crippen molar-refractivity contribution in [1.82, 2.24) is 9.97 Å². The molecular formula is C25H32ClFN6O3. The van der Waals surface area contributed by atoms with Crippen molar-refractivity contribution in [3.63, 3.8) is 0 Å². The van der Waals surface area contributed by atoms with Crippen LogP contribution in [0.25, 0.3) is 0 Å². The van der Waals surface area contributed by atoms with Gasteiger partial charge in [-0.05, 0) is 38.5 Å². The number of nitrogens with one attached hydrogen (secondary N) is 1. The Balaban J connectivity index is 1.53. The number of benzene rings is 1. The number of urea groups is 1. The van der Waals surface area contributed by atoms with Gasteiger partial charge >= 0.3 is 6.03 Å². The molecule has 0 saturated heterocycles. The van der Waals surface area contributed by atoms with Crippen molar-refractivity contribution in [2.24, 2.45) is 5.73 Å². The maximum atomic E-state index is 15.5. The highest BCUT2D eigenvalue weighted by Gasteiger charge is 2.41. The van der Waals surface area contributed by atoms with Gasteiger partial charge in [-0.2, -0.15) is 4.98 Å². The van der Waals surface area contributed by atoms with Crippen LogP contribution in [-0.4, -0.2) is 48.3 Å². The minimum absolute atomic E-state index is 0.00804. The Morgan fingerprint density at radius 3 is 2.47 bits per heavy atom. The topological polar surface area (TPSA) is 106 Å². The summed E-state index contributed by atoms with van der Waals surface area (Å²) in [6, 6.07) is 1.45. The number of anilines is 3. The van der Waals surface area contributed by atoms with Crippen molar-refractivity contribution < 1.29 is 18.7 Å². The first kappa shape index (κ1) is 24.8. The molecule has 3 N–H and O–H groups in total. The van der Waals surface area contributed by atoms with Crippen LogP contribution < -0.4 is 30.3 Å². The third-order valence-electron chi connectivity index (χ3n) is 7.45. The van der Waals surface area contributed by atoms with Gasteiger partial charge in [-0.1, -0.05) is 24.4 Å². The average Bonchev–Trinajstić information content (AvgIpc) is 3.40. The Kier molecular flexibility index (Phi) is 7.07. The normalized spacial score (nSPS) is 22.5. The summed E-state index contributed by atoms with van der Waals surface area (Å²) in [5.74, 6) is 0.505. The van der Waals surface area contributed by atoms with E-state index in [4.69, 9.17) is 31.8 Å². The fraction of sp³-hybridized carbons (Fsp3) is 0.560. The summed E-state index contributed by atoms with van der Waals surface area (Å²) >= 11 is 6.54. The Morgan fingerprint density at radius 1 is 1.11 bits per heavy atom. The number of rotatable bonds is 6. The third kappa shape index (κ3) is 4.52. The number of ether oxygens (including phenoxy) is 2. The van der Waals surface area contributed by atoms with Gasteiger partial charge < -0.3 is 20.5 Å². The fourth-order valence-corrected chi connectivity index (χ4v) is 5.78. The Morgan fingerprint density at radius 2 is 1.81 bits per heavy atom. The van der Waals surface area contributed by atoms with Crippen molar-refractivity contribution in [1.29, 1.82) is 0 Å². The van der Waals surface area contributed by atoms with Crippen molar-refractivity contribution in [2.75, 3.05) is 29.3 Å². The molecule has 0 atom stereocenters. The van der Waals surface area contributed by atoms with Crippen LogP contribution >= 0.6 is 11.6 Å². The zero-order valence-corrected chi connectivity index (χ0v) is 21.4. The Hall–Kier alpha value is -2.85. The summed E-state index contributed by atoms with van der Waals surface area (Å²) in [5.41, 5.74) is 6.68. The smallest absolute Gasteiger partial charge is 0.330 e. The molecule has 1 aliphatic heterocycles. The zero-order chi connectivity index (χ0) is 25.4. The van der Waals surface area contributed by atoms with E-state index in [0.717, 1.165) is 56.9 Å². The molecule has 2 fully saturated rings. The molecule has 1 aromatic carbocycles. The molecule has 2 amide bonds. The number of hydrogen-bond acceptors (Lipinski definition) is 7. The van der Waals surface area contributed by atoms with Crippen LogP contribution in [0, 0.1) is 5.82 Å². The predicted octanol–water partition coefficient (Wildman–Crippen LogP) is 4.86. The summed E-state index contributed by atoms with van der Waals surface area (Å²) in [6.45, 7) is 0.0723. The lowest BCUT2D eigenvalue weighted by Gasteiger charge is -2.39. The minimum Gasteiger partial charge on any atom is -0.495 e. The van der Waals surface area contributed by atoms with E-state index in [-0.39, 0.29) is 52.9 Å². The van der Waals surface area contributed by atoms with Crippen LogP contribution in [0.3, 0.4) is 0 Å². The van der Waals surface area contributed by atoms with Gasteiger partial charge in [-0.15, -0.1) is 0 Å². The van der Waals surface area contributed by atoms with Crippen LogP contribution in [0.4, 0.5) is 26.6 Å². The second-order valence-corrected chi connectivity index (χ2v) is 10.1. The standard InChI is InChI=1S/C25H32ClFN6O3/c1-35-18-11-19(36-2)21(27)22(20(18)26)32-13-14-12-29-24(30-16-9-7-15(28)8-10-16)31-23(14)33(25(32)34)17-5-3-4-6-17/h11-12,15-17H,3-10,13,28H2,1-2H3,(H,29,30,31). The van der Waals surface area contributed by atoms with Crippen LogP contribution in [0.5, 0.6) is 11.5 Å². The molecule has 2 saturated carbocycles. The number of hydrogen-bond donors (Lipinski definition) is 2. The van der Waals surface area contributed by atoms with E-state index in [1.165, 1.54) is 25.2 Å².